The fourth-order valence-electron chi connectivity index (χ4n) is 1.52. The highest BCUT2D eigenvalue weighted by Gasteiger charge is 2.26. The number of aliphatic hydroxyl groups excluding tert-OH is 2. The van der Waals surface area contributed by atoms with Crippen molar-refractivity contribution >= 4 is 0 Å². The molecule has 0 saturated heterocycles. The van der Waals surface area contributed by atoms with E-state index in [4.69, 9.17) is 4.74 Å². The summed E-state index contributed by atoms with van der Waals surface area (Å²) in [6.07, 6.45) is 1.75. The minimum absolute atomic E-state index is 0.235. The molecule has 0 aliphatic rings. The molecule has 0 aromatic heterocycles. The lowest BCUT2D eigenvalue weighted by Gasteiger charge is -2.29. The maximum absolute atomic E-state index is 9.71. The van der Waals surface area contributed by atoms with E-state index < -0.39 is 0 Å². The second-order valence-electron chi connectivity index (χ2n) is 4.87. The second kappa shape index (κ2) is 7.20. The monoisotopic (exact) mass is 218 g/mol. The predicted molar refractivity (Wildman–Crippen MR) is 61.8 cm³/mol. The third kappa shape index (κ3) is 6.13. The summed E-state index contributed by atoms with van der Waals surface area (Å²) in [5.74, 6) is 0. The van der Waals surface area contributed by atoms with Gasteiger partial charge in [0.25, 0.3) is 0 Å². The number of rotatable bonds is 8. The third-order valence-electron chi connectivity index (χ3n) is 2.69. The zero-order valence-corrected chi connectivity index (χ0v) is 10.5. The van der Waals surface area contributed by atoms with Crippen LogP contribution in [0.15, 0.2) is 0 Å². The van der Waals surface area contributed by atoms with E-state index >= 15 is 0 Å². The summed E-state index contributed by atoms with van der Waals surface area (Å²) >= 11 is 0. The normalized spacial score (nSPS) is 16.4. The molecule has 2 N–H and O–H groups in total. The van der Waals surface area contributed by atoms with Gasteiger partial charge in [0, 0.05) is 5.41 Å². The number of ether oxygens (including phenoxy) is 1. The minimum Gasteiger partial charge on any atom is -0.392 e. The Hall–Kier alpha value is -0.120. The Bertz CT molecular complexity index is 157. The highest BCUT2D eigenvalue weighted by molar-refractivity contribution is 4.76. The molecule has 0 aromatic carbocycles. The highest BCUT2D eigenvalue weighted by atomic mass is 16.5. The van der Waals surface area contributed by atoms with Crippen LogP contribution in [0.5, 0.6) is 0 Å². The van der Waals surface area contributed by atoms with Gasteiger partial charge in [0.2, 0.25) is 0 Å². The van der Waals surface area contributed by atoms with Gasteiger partial charge in [-0.15, -0.1) is 0 Å². The second-order valence-corrected chi connectivity index (χ2v) is 4.87. The van der Waals surface area contributed by atoms with Crippen LogP contribution < -0.4 is 0 Å². The minimum atomic E-state index is -0.371. The summed E-state index contributed by atoms with van der Waals surface area (Å²) in [7, 11) is 0. The standard InChI is InChI=1S/C12H26O3/c1-5-7-10(13)8-15-9-12(3,4)11(14)6-2/h10-11,13-14H,5-9H2,1-4H3. The largest absolute Gasteiger partial charge is 0.392 e. The first-order valence-corrected chi connectivity index (χ1v) is 5.87. The van der Waals surface area contributed by atoms with Crippen molar-refractivity contribution in [3.63, 3.8) is 0 Å². The van der Waals surface area contributed by atoms with Crippen LogP contribution in [0.25, 0.3) is 0 Å². The Balaban J connectivity index is 3.74. The molecule has 0 fully saturated rings. The van der Waals surface area contributed by atoms with Gasteiger partial charge < -0.3 is 14.9 Å². The summed E-state index contributed by atoms with van der Waals surface area (Å²) in [6, 6.07) is 0. The number of hydrogen-bond acceptors (Lipinski definition) is 3. The van der Waals surface area contributed by atoms with Crippen molar-refractivity contribution in [1.29, 1.82) is 0 Å². The van der Waals surface area contributed by atoms with Crippen LogP contribution >= 0.6 is 0 Å². The van der Waals surface area contributed by atoms with Gasteiger partial charge in [-0.05, 0) is 12.8 Å². The summed E-state index contributed by atoms with van der Waals surface area (Å²) in [5, 5.41) is 19.2. The van der Waals surface area contributed by atoms with Gasteiger partial charge in [0.05, 0.1) is 25.4 Å². The molecule has 0 radical (unpaired) electrons. The predicted octanol–water partition coefficient (Wildman–Crippen LogP) is 1.96. The van der Waals surface area contributed by atoms with E-state index in [1.165, 1.54) is 0 Å². The van der Waals surface area contributed by atoms with Gasteiger partial charge >= 0.3 is 0 Å². The maximum atomic E-state index is 9.71. The number of hydrogen-bond donors (Lipinski definition) is 2. The van der Waals surface area contributed by atoms with Gasteiger partial charge in [-0.2, -0.15) is 0 Å². The Morgan fingerprint density at radius 1 is 1.20 bits per heavy atom. The molecule has 0 aliphatic carbocycles. The summed E-state index contributed by atoms with van der Waals surface area (Å²) in [5.41, 5.74) is -0.235. The zero-order chi connectivity index (χ0) is 11.9. The summed E-state index contributed by atoms with van der Waals surface area (Å²) in [4.78, 5) is 0. The van der Waals surface area contributed by atoms with Crippen molar-refractivity contribution in [2.24, 2.45) is 5.41 Å². The molecule has 3 nitrogen and oxygen atoms in total. The first-order chi connectivity index (χ1) is 6.94. The van der Waals surface area contributed by atoms with E-state index in [-0.39, 0.29) is 17.6 Å². The molecule has 0 aromatic rings. The Kier molecular flexibility index (Phi) is 7.14. The van der Waals surface area contributed by atoms with Gasteiger partial charge in [0.1, 0.15) is 0 Å². The smallest absolute Gasteiger partial charge is 0.0773 e. The summed E-state index contributed by atoms with van der Waals surface area (Å²) < 4.78 is 5.43. The van der Waals surface area contributed by atoms with Crippen molar-refractivity contribution in [3.8, 4) is 0 Å². The van der Waals surface area contributed by atoms with Crippen LogP contribution in [0.1, 0.15) is 47.0 Å². The van der Waals surface area contributed by atoms with Gasteiger partial charge in [-0.3, -0.25) is 0 Å². The quantitative estimate of drug-likeness (QED) is 0.655. The molecule has 0 aliphatic heterocycles. The highest BCUT2D eigenvalue weighted by Crippen LogP contribution is 2.23. The van der Waals surface area contributed by atoms with Crippen molar-refractivity contribution in [3.05, 3.63) is 0 Å². The van der Waals surface area contributed by atoms with Crippen molar-refractivity contribution in [2.75, 3.05) is 13.2 Å². The molecule has 2 unspecified atom stereocenters. The van der Waals surface area contributed by atoms with Crippen LogP contribution in [0.2, 0.25) is 0 Å². The molecule has 0 rings (SSSR count). The molecule has 0 bridgehead atoms. The van der Waals surface area contributed by atoms with Crippen LogP contribution in [0.4, 0.5) is 0 Å². The van der Waals surface area contributed by atoms with E-state index in [9.17, 15) is 10.2 Å². The Morgan fingerprint density at radius 2 is 1.80 bits per heavy atom. The van der Waals surface area contributed by atoms with E-state index in [0.717, 1.165) is 19.3 Å². The van der Waals surface area contributed by atoms with Crippen LogP contribution in [-0.4, -0.2) is 35.6 Å². The van der Waals surface area contributed by atoms with Crippen LogP contribution in [-0.2, 0) is 4.74 Å². The lowest BCUT2D eigenvalue weighted by Crippen LogP contribution is -2.34. The van der Waals surface area contributed by atoms with E-state index in [0.29, 0.717) is 13.2 Å². The fourth-order valence-corrected chi connectivity index (χ4v) is 1.52. The molecular formula is C12H26O3. The molecule has 3 heteroatoms. The van der Waals surface area contributed by atoms with Crippen molar-refractivity contribution in [1.82, 2.24) is 0 Å². The Labute approximate surface area is 93.5 Å². The molecule has 0 spiro atoms. The average molecular weight is 218 g/mol. The van der Waals surface area contributed by atoms with Gasteiger partial charge in [-0.1, -0.05) is 34.1 Å². The summed E-state index contributed by atoms with van der Waals surface area (Å²) in [6.45, 7) is 8.81. The van der Waals surface area contributed by atoms with Crippen LogP contribution in [0.3, 0.4) is 0 Å². The molecule has 0 amide bonds. The van der Waals surface area contributed by atoms with Crippen molar-refractivity contribution < 1.29 is 14.9 Å². The molecule has 0 heterocycles. The topological polar surface area (TPSA) is 49.7 Å². The first kappa shape index (κ1) is 14.9. The third-order valence-corrected chi connectivity index (χ3v) is 2.69. The molecule has 2 atom stereocenters. The average Bonchev–Trinajstić information content (AvgIpc) is 2.16. The van der Waals surface area contributed by atoms with E-state index in [2.05, 4.69) is 0 Å². The van der Waals surface area contributed by atoms with E-state index in [1.54, 1.807) is 0 Å². The zero-order valence-electron chi connectivity index (χ0n) is 10.5. The first-order valence-electron chi connectivity index (χ1n) is 5.87. The maximum Gasteiger partial charge on any atom is 0.0773 e. The SMILES string of the molecule is CCCC(O)COCC(C)(C)C(O)CC. The Morgan fingerprint density at radius 3 is 2.27 bits per heavy atom. The lowest BCUT2D eigenvalue weighted by atomic mass is 9.86. The van der Waals surface area contributed by atoms with E-state index in [1.807, 2.05) is 27.7 Å². The van der Waals surface area contributed by atoms with Gasteiger partial charge in [-0.25, -0.2) is 0 Å². The van der Waals surface area contributed by atoms with Gasteiger partial charge in [0.15, 0.2) is 0 Å². The molecule has 0 saturated carbocycles. The molecule has 92 valence electrons. The molecule has 15 heavy (non-hydrogen) atoms. The van der Waals surface area contributed by atoms with Crippen LogP contribution in [0, 0.1) is 5.41 Å². The van der Waals surface area contributed by atoms with Crippen molar-refractivity contribution in [2.45, 2.75) is 59.2 Å². The lowest BCUT2D eigenvalue weighted by molar-refractivity contribution is -0.0482. The number of aliphatic hydroxyl groups is 2. The molecular weight excluding hydrogens is 192 g/mol. The fraction of sp³-hybridized carbons (Fsp3) is 1.00.